The molecule has 0 saturated heterocycles. The molecule has 3 aromatic rings. The van der Waals surface area contributed by atoms with Crippen LogP contribution in [0.15, 0.2) is 65.4 Å². The van der Waals surface area contributed by atoms with Crippen LogP contribution in [0.5, 0.6) is 5.75 Å². The van der Waals surface area contributed by atoms with Crippen molar-refractivity contribution in [3.8, 4) is 5.75 Å². The molecular weight excluding hydrogens is 358 g/mol. The molecule has 0 saturated carbocycles. The Hall–Kier alpha value is -3.61. The topological polar surface area (TPSA) is 93.5 Å². The summed E-state index contributed by atoms with van der Waals surface area (Å²) in [6.45, 7) is 4.14. The molecule has 0 spiro atoms. The highest BCUT2D eigenvalue weighted by molar-refractivity contribution is 6.05. The molecule has 2 N–H and O–H groups in total. The molecule has 7 heteroatoms. The third kappa shape index (κ3) is 5.20. The predicted molar refractivity (Wildman–Crippen MR) is 104 cm³/mol. The number of carbonyl (C=O) groups excluding carboxylic acids is 2. The van der Waals surface area contributed by atoms with E-state index in [1.807, 2.05) is 13.8 Å². The van der Waals surface area contributed by atoms with Crippen molar-refractivity contribution in [2.45, 2.75) is 26.5 Å². The smallest absolute Gasteiger partial charge is 0.270 e. The first-order valence-corrected chi connectivity index (χ1v) is 8.86. The molecule has 2 amide bonds. The Morgan fingerprint density at radius 1 is 1.11 bits per heavy atom. The van der Waals surface area contributed by atoms with Crippen LogP contribution in [0.2, 0.25) is 0 Å². The molecule has 0 unspecified atom stereocenters. The van der Waals surface area contributed by atoms with Crippen LogP contribution in [0.1, 0.15) is 40.5 Å². The number of furan rings is 1. The molecule has 28 heavy (non-hydrogen) atoms. The third-order valence-corrected chi connectivity index (χ3v) is 3.74. The largest absolute Gasteiger partial charge is 0.491 e. The predicted octanol–water partition coefficient (Wildman–Crippen LogP) is 3.64. The zero-order valence-corrected chi connectivity index (χ0v) is 15.6. The van der Waals surface area contributed by atoms with Gasteiger partial charge in [-0.1, -0.05) is 0 Å². The Balaban J connectivity index is 1.62. The lowest BCUT2D eigenvalue weighted by molar-refractivity contribution is 0.0943. The van der Waals surface area contributed by atoms with Gasteiger partial charge in [0.25, 0.3) is 11.8 Å². The average Bonchev–Trinajstić information content (AvgIpc) is 3.21. The molecule has 0 radical (unpaired) electrons. The molecular formula is C21H21N3O4. The number of hydrogen-bond acceptors (Lipinski definition) is 5. The van der Waals surface area contributed by atoms with Gasteiger partial charge >= 0.3 is 0 Å². The first kappa shape index (κ1) is 19.2. The van der Waals surface area contributed by atoms with Gasteiger partial charge in [-0.15, -0.1) is 0 Å². The molecule has 0 atom stereocenters. The molecule has 0 aliphatic carbocycles. The zero-order chi connectivity index (χ0) is 19.9. The third-order valence-electron chi connectivity index (χ3n) is 3.74. The van der Waals surface area contributed by atoms with Crippen LogP contribution in [0.25, 0.3) is 0 Å². The number of nitrogens with one attached hydrogen (secondary N) is 2. The van der Waals surface area contributed by atoms with Crippen molar-refractivity contribution in [3.05, 3.63) is 78.0 Å². The molecule has 0 fully saturated rings. The summed E-state index contributed by atoms with van der Waals surface area (Å²) in [5, 5.41) is 5.49. The maximum absolute atomic E-state index is 12.5. The van der Waals surface area contributed by atoms with E-state index in [1.165, 1.54) is 18.5 Å². The minimum atomic E-state index is -0.388. The SMILES string of the molecule is CC(C)Oc1ccc(NC(=O)c2ccnc(C(=O)NCc3ccco3)c2)cc1. The Labute approximate surface area is 162 Å². The first-order chi connectivity index (χ1) is 13.5. The fourth-order valence-corrected chi connectivity index (χ4v) is 2.46. The van der Waals surface area contributed by atoms with Gasteiger partial charge in [0.05, 0.1) is 18.9 Å². The van der Waals surface area contributed by atoms with Gasteiger partial charge in [-0.05, 0) is 62.4 Å². The molecule has 2 aromatic heterocycles. The number of aromatic nitrogens is 1. The molecule has 0 aliphatic rings. The average molecular weight is 379 g/mol. The lowest BCUT2D eigenvalue weighted by atomic mass is 10.2. The molecule has 3 rings (SSSR count). The summed E-state index contributed by atoms with van der Waals surface area (Å²) in [4.78, 5) is 28.7. The maximum atomic E-state index is 12.5. The number of amides is 2. The van der Waals surface area contributed by atoms with Crippen molar-refractivity contribution in [1.82, 2.24) is 10.3 Å². The van der Waals surface area contributed by atoms with Crippen LogP contribution in [0.3, 0.4) is 0 Å². The quantitative estimate of drug-likeness (QED) is 0.654. The van der Waals surface area contributed by atoms with Gasteiger partial charge < -0.3 is 19.8 Å². The van der Waals surface area contributed by atoms with Gasteiger partial charge in [0.2, 0.25) is 0 Å². The molecule has 0 aliphatic heterocycles. The van der Waals surface area contributed by atoms with Crippen molar-refractivity contribution in [2.75, 3.05) is 5.32 Å². The van der Waals surface area contributed by atoms with E-state index in [0.717, 1.165) is 5.75 Å². The number of ether oxygens (including phenoxy) is 1. The van der Waals surface area contributed by atoms with Gasteiger partial charge in [-0.3, -0.25) is 14.6 Å². The number of rotatable bonds is 7. The molecule has 2 heterocycles. The van der Waals surface area contributed by atoms with Crippen LogP contribution in [0, 0.1) is 0 Å². The first-order valence-electron chi connectivity index (χ1n) is 8.86. The van der Waals surface area contributed by atoms with Crippen molar-refractivity contribution < 1.29 is 18.7 Å². The molecule has 144 valence electrons. The summed E-state index contributed by atoms with van der Waals surface area (Å²) in [5.74, 6) is 0.640. The van der Waals surface area contributed by atoms with E-state index in [1.54, 1.807) is 42.5 Å². The molecule has 0 bridgehead atoms. The van der Waals surface area contributed by atoms with Crippen molar-refractivity contribution in [1.29, 1.82) is 0 Å². The van der Waals surface area contributed by atoms with Crippen LogP contribution in [-0.4, -0.2) is 22.9 Å². The summed E-state index contributed by atoms with van der Waals surface area (Å²) in [7, 11) is 0. The van der Waals surface area contributed by atoms with Gasteiger partial charge in [-0.2, -0.15) is 0 Å². The fourth-order valence-electron chi connectivity index (χ4n) is 2.46. The number of benzene rings is 1. The summed E-state index contributed by atoms with van der Waals surface area (Å²) >= 11 is 0. The number of hydrogen-bond donors (Lipinski definition) is 2. The minimum absolute atomic E-state index is 0.0783. The highest BCUT2D eigenvalue weighted by atomic mass is 16.5. The van der Waals surface area contributed by atoms with Crippen LogP contribution < -0.4 is 15.4 Å². The summed E-state index contributed by atoms with van der Waals surface area (Å²) < 4.78 is 10.7. The van der Waals surface area contributed by atoms with E-state index < -0.39 is 0 Å². The van der Waals surface area contributed by atoms with Gasteiger partial charge in [0.15, 0.2) is 0 Å². The van der Waals surface area contributed by atoms with Crippen molar-refractivity contribution >= 4 is 17.5 Å². The normalized spacial score (nSPS) is 10.5. The fraction of sp³-hybridized carbons (Fsp3) is 0.190. The van der Waals surface area contributed by atoms with E-state index in [2.05, 4.69) is 15.6 Å². The Kier molecular flexibility index (Phi) is 6.06. The second-order valence-corrected chi connectivity index (χ2v) is 6.34. The number of pyridine rings is 1. The maximum Gasteiger partial charge on any atom is 0.270 e. The zero-order valence-electron chi connectivity index (χ0n) is 15.6. The molecule has 1 aromatic carbocycles. The van der Waals surface area contributed by atoms with E-state index in [9.17, 15) is 9.59 Å². The highest BCUT2D eigenvalue weighted by Crippen LogP contribution is 2.17. The van der Waals surface area contributed by atoms with Crippen LogP contribution in [-0.2, 0) is 6.54 Å². The standard InChI is InChI=1S/C21H21N3O4/c1-14(2)28-17-7-5-16(6-8-17)24-20(25)15-9-10-22-19(12-15)21(26)23-13-18-4-3-11-27-18/h3-12,14H,13H2,1-2H3,(H,23,26)(H,24,25). The Morgan fingerprint density at radius 2 is 1.89 bits per heavy atom. The van der Waals surface area contributed by atoms with Crippen LogP contribution >= 0.6 is 0 Å². The summed E-state index contributed by atoms with van der Waals surface area (Å²) in [6, 6.07) is 13.6. The highest BCUT2D eigenvalue weighted by Gasteiger charge is 2.12. The van der Waals surface area contributed by atoms with E-state index in [0.29, 0.717) is 17.0 Å². The van der Waals surface area contributed by atoms with Crippen molar-refractivity contribution in [2.24, 2.45) is 0 Å². The van der Waals surface area contributed by atoms with Gasteiger partial charge in [-0.25, -0.2) is 0 Å². The number of nitrogens with zero attached hydrogens (tertiary/aromatic N) is 1. The van der Waals surface area contributed by atoms with Crippen molar-refractivity contribution in [3.63, 3.8) is 0 Å². The molecule has 7 nitrogen and oxygen atoms in total. The van der Waals surface area contributed by atoms with Gasteiger partial charge in [0, 0.05) is 17.4 Å². The Morgan fingerprint density at radius 3 is 2.57 bits per heavy atom. The Bertz CT molecular complexity index is 935. The summed E-state index contributed by atoms with van der Waals surface area (Å²) in [6.07, 6.45) is 3.04. The minimum Gasteiger partial charge on any atom is -0.491 e. The van der Waals surface area contributed by atoms with Gasteiger partial charge in [0.1, 0.15) is 17.2 Å². The number of anilines is 1. The summed E-state index contributed by atoms with van der Waals surface area (Å²) in [5.41, 5.74) is 1.11. The monoisotopic (exact) mass is 379 g/mol. The van der Waals surface area contributed by atoms with E-state index >= 15 is 0 Å². The van der Waals surface area contributed by atoms with E-state index in [4.69, 9.17) is 9.15 Å². The van der Waals surface area contributed by atoms with E-state index in [-0.39, 0.29) is 30.2 Å². The number of carbonyl (C=O) groups is 2. The second kappa shape index (κ2) is 8.85. The lowest BCUT2D eigenvalue weighted by Crippen LogP contribution is -2.24. The van der Waals surface area contributed by atoms with Crippen LogP contribution in [0.4, 0.5) is 5.69 Å². The lowest BCUT2D eigenvalue weighted by Gasteiger charge is -2.11. The second-order valence-electron chi connectivity index (χ2n) is 6.34.